The van der Waals surface area contributed by atoms with E-state index in [4.69, 9.17) is 15.0 Å². The minimum Gasteiger partial charge on any atom is -0.278 e. The molecule has 0 aliphatic carbocycles. The Morgan fingerprint density at radius 1 is 0.347 bits per heavy atom. The number of aromatic nitrogens is 4. The number of benzene rings is 8. The van der Waals surface area contributed by atoms with Crippen LogP contribution in [0.5, 0.6) is 0 Å². The molecule has 8 aromatic carbocycles. The molecule has 0 radical (unpaired) electrons. The maximum Gasteiger partial charge on any atom is 0.238 e. The Labute approximate surface area is 282 Å². The van der Waals surface area contributed by atoms with Crippen LogP contribution in [0.4, 0.5) is 0 Å². The van der Waals surface area contributed by atoms with Crippen molar-refractivity contribution < 1.29 is 0 Å². The lowest BCUT2D eigenvalue weighted by Crippen LogP contribution is -2.06. The average molecular weight is 625 g/mol. The van der Waals surface area contributed by atoms with Crippen molar-refractivity contribution >= 4 is 54.1 Å². The van der Waals surface area contributed by atoms with Gasteiger partial charge in [-0.3, -0.25) is 4.57 Å². The minimum atomic E-state index is 0.585. The molecule has 49 heavy (non-hydrogen) atoms. The van der Waals surface area contributed by atoms with Crippen LogP contribution in [0.1, 0.15) is 0 Å². The summed E-state index contributed by atoms with van der Waals surface area (Å²) in [5, 5.41) is 9.39. The Kier molecular flexibility index (Phi) is 6.15. The van der Waals surface area contributed by atoms with Gasteiger partial charge in [-0.25, -0.2) is 4.98 Å². The van der Waals surface area contributed by atoms with E-state index >= 15 is 0 Å². The van der Waals surface area contributed by atoms with Gasteiger partial charge in [0.2, 0.25) is 5.95 Å². The normalized spacial score (nSPS) is 11.7. The maximum atomic E-state index is 5.35. The van der Waals surface area contributed by atoms with Crippen LogP contribution in [-0.2, 0) is 0 Å². The molecule has 228 valence electrons. The predicted octanol–water partition coefficient (Wildman–Crippen LogP) is 11.4. The van der Waals surface area contributed by atoms with Crippen molar-refractivity contribution in [1.29, 1.82) is 0 Å². The molecular formula is C45H28N4. The van der Waals surface area contributed by atoms with Crippen LogP contribution >= 0.6 is 0 Å². The van der Waals surface area contributed by atoms with Gasteiger partial charge in [0, 0.05) is 21.9 Å². The molecule has 0 amide bonds. The predicted molar refractivity (Wildman–Crippen MR) is 203 cm³/mol. The molecule has 10 rings (SSSR count). The standard InChI is InChI=1S/C45H28N4/c1-3-13-29(14-4-1)32-23-25-38-41(28-32)49(40-26-24-30-15-7-10-20-35(30)42(38)40)45-47-43(31-16-5-2-6-17-31)46-44(48-45)39-27-33-18-8-9-19-34(33)36-21-11-12-22-37(36)39/h1-28H. The number of rotatable bonds is 4. The zero-order valence-electron chi connectivity index (χ0n) is 26.5. The van der Waals surface area contributed by atoms with Gasteiger partial charge >= 0.3 is 0 Å². The highest BCUT2D eigenvalue weighted by Gasteiger charge is 2.21. The summed E-state index contributed by atoms with van der Waals surface area (Å²) in [5.41, 5.74) is 6.32. The lowest BCUT2D eigenvalue weighted by atomic mass is 9.97. The highest BCUT2D eigenvalue weighted by molar-refractivity contribution is 6.21. The van der Waals surface area contributed by atoms with E-state index in [2.05, 4.69) is 156 Å². The summed E-state index contributed by atoms with van der Waals surface area (Å²) in [6, 6.07) is 59.8. The molecule has 0 saturated carbocycles. The quantitative estimate of drug-likeness (QED) is 0.183. The molecule has 4 nitrogen and oxygen atoms in total. The summed E-state index contributed by atoms with van der Waals surface area (Å²) in [6.07, 6.45) is 0. The second-order valence-electron chi connectivity index (χ2n) is 12.5. The molecule has 0 bridgehead atoms. The van der Waals surface area contributed by atoms with E-state index in [-0.39, 0.29) is 0 Å². The number of nitrogens with zero attached hydrogens (tertiary/aromatic N) is 4. The highest BCUT2D eigenvalue weighted by atomic mass is 15.2. The Bertz CT molecular complexity index is 2870. The zero-order chi connectivity index (χ0) is 32.3. The van der Waals surface area contributed by atoms with E-state index < -0.39 is 0 Å². The Balaban J connectivity index is 1.33. The molecule has 0 atom stereocenters. The van der Waals surface area contributed by atoms with Crippen LogP contribution in [0, 0.1) is 0 Å². The van der Waals surface area contributed by atoms with Gasteiger partial charge in [-0.1, -0.05) is 152 Å². The third-order valence-electron chi connectivity index (χ3n) is 9.63. The number of hydrogen-bond donors (Lipinski definition) is 0. The zero-order valence-corrected chi connectivity index (χ0v) is 26.5. The summed E-state index contributed by atoms with van der Waals surface area (Å²) in [7, 11) is 0. The fourth-order valence-electron chi connectivity index (χ4n) is 7.35. The topological polar surface area (TPSA) is 43.6 Å². The fourth-order valence-corrected chi connectivity index (χ4v) is 7.35. The lowest BCUT2D eigenvalue weighted by molar-refractivity contribution is 0.955. The van der Waals surface area contributed by atoms with Crippen LogP contribution in [0.25, 0.3) is 94.0 Å². The van der Waals surface area contributed by atoms with E-state index in [1.807, 2.05) is 18.2 Å². The Morgan fingerprint density at radius 3 is 1.78 bits per heavy atom. The van der Waals surface area contributed by atoms with E-state index in [1.165, 1.54) is 26.9 Å². The monoisotopic (exact) mass is 624 g/mol. The molecule has 2 heterocycles. The molecular weight excluding hydrogens is 597 g/mol. The highest BCUT2D eigenvalue weighted by Crippen LogP contribution is 2.39. The van der Waals surface area contributed by atoms with Crippen LogP contribution in [-0.4, -0.2) is 19.5 Å². The number of hydrogen-bond acceptors (Lipinski definition) is 3. The molecule has 0 saturated heterocycles. The van der Waals surface area contributed by atoms with Crippen LogP contribution in [0.2, 0.25) is 0 Å². The average Bonchev–Trinajstić information content (AvgIpc) is 3.52. The second kappa shape index (κ2) is 11.0. The van der Waals surface area contributed by atoms with Crippen molar-refractivity contribution in [2.24, 2.45) is 0 Å². The van der Waals surface area contributed by atoms with Gasteiger partial charge in [-0.05, 0) is 61.6 Å². The van der Waals surface area contributed by atoms with Gasteiger partial charge in [0.15, 0.2) is 11.6 Å². The smallest absolute Gasteiger partial charge is 0.238 e. The molecule has 0 unspecified atom stereocenters. The first-order chi connectivity index (χ1) is 24.3. The molecule has 0 N–H and O–H groups in total. The first kappa shape index (κ1) is 27.5. The van der Waals surface area contributed by atoms with E-state index in [9.17, 15) is 0 Å². The van der Waals surface area contributed by atoms with Gasteiger partial charge in [-0.15, -0.1) is 0 Å². The summed E-state index contributed by atoms with van der Waals surface area (Å²) in [6.45, 7) is 0. The van der Waals surface area contributed by atoms with Crippen LogP contribution < -0.4 is 0 Å². The van der Waals surface area contributed by atoms with Crippen molar-refractivity contribution in [3.05, 3.63) is 170 Å². The molecule has 0 spiro atoms. The first-order valence-electron chi connectivity index (χ1n) is 16.5. The summed E-state index contributed by atoms with van der Waals surface area (Å²) in [4.78, 5) is 15.8. The summed E-state index contributed by atoms with van der Waals surface area (Å²) < 4.78 is 2.23. The molecule has 0 aliphatic heterocycles. The molecule has 0 aliphatic rings. The third-order valence-corrected chi connectivity index (χ3v) is 9.63. The molecule has 4 heteroatoms. The first-order valence-corrected chi connectivity index (χ1v) is 16.5. The van der Waals surface area contributed by atoms with Crippen molar-refractivity contribution in [2.75, 3.05) is 0 Å². The van der Waals surface area contributed by atoms with Gasteiger partial charge in [0.1, 0.15) is 0 Å². The third kappa shape index (κ3) is 4.42. The van der Waals surface area contributed by atoms with Crippen molar-refractivity contribution in [3.8, 4) is 39.9 Å². The van der Waals surface area contributed by atoms with Crippen molar-refractivity contribution in [1.82, 2.24) is 19.5 Å². The molecule has 2 aromatic heterocycles. The van der Waals surface area contributed by atoms with E-state index in [1.54, 1.807) is 0 Å². The molecule has 0 fully saturated rings. The van der Waals surface area contributed by atoms with Crippen molar-refractivity contribution in [2.45, 2.75) is 0 Å². The van der Waals surface area contributed by atoms with E-state index in [0.717, 1.165) is 49.4 Å². The molecule has 10 aromatic rings. The van der Waals surface area contributed by atoms with Gasteiger partial charge in [0.05, 0.1) is 11.0 Å². The Hall–Kier alpha value is -6.65. The minimum absolute atomic E-state index is 0.585. The number of fused-ring (bicyclic) bond motifs is 8. The van der Waals surface area contributed by atoms with Crippen LogP contribution in [0.3, 0.4) is 0 Å². The van der Waals surface area contributed by atoms with Crippen LogP contribution in [0.15, 0.2) is 170 Å². The Morgan fingerprint density at radius 2 is 0.980 bits per heavy atom. The van der Waals surface area contributed by atoms with Gasteiger partial charge in [-0.2, -0.15) is 9.97 Å². The maximum absolute atomic E-state index is 5.35. The SMILES string of the molecule is c1ccc(-c2ccc3c4c5ccccc5ccc4n(-c4nc(-c5ccccc5)nc(-c5cc6ccccc6c6ccccc56)n4)c3c2)cc1. The van der Waals surface area contributed by atoms with E-state index in [0.29, 0.717) is 17.6 Å². The largest absolute Gasteiger partial charge is 0.278 e. The summed E-state index contributed by atoms with van der Waals surface area (Å²) >= 11 is 0. The van der Waals surface area contributed by atoms with Gasteiger partial charge < -0.3 is 0 Å². The second-order valence-corrected chi connectivity index (χ2v) is 12.5. The summed E-state index contributed by atoms with van der Waals surface area (Å²) in [5.74, 6) is 1.86. The fraction of sp³-hybridized carbons (Fsp3) is 0. The lowest BCUT2D eigenvalue weighted by Gasteiger charge is -2.14. The van der Waals surface area contributed by atoms with Crippen molar-refractivity contribution in [3.63, 3.8) is 0 Å². The van der Waals surface area contributed by atoms with Gasteiger partial charge in [0.25, 0.3) is 0 Å².